The van der Waals surface area contributed by atoms with Gasteiger partial charge in [-0.05, 0) is 25.5 Å². The van der Waals surface area contributed by atoms with Gasteiger partial charge in [0.2, 0.25) is 0 Å². The Balaban J connectivity index is 1.57. The zero-order valence-corrected chi connectivity index (χ0v) is 14.4. The highest BCUT2D eigenvalue weighted by atomic mass is 16.7. The Kier molecular flexibility index (Phi) is 6.25. The fourth-order valence-corrected chi connectivity index (χ4v) is 3.37. The van der Waals surface area contributed by atoms with Gasteiger partial charge in [-0.25, -0.2) is 4.79 Å². The van der Waals surface area contributed by atoms with Gasteiger partial charge in [-0.15, -0.1) is 0 Å². The van der Waals surface area contributed by atoms with E-state index < -0.39 is 18.2 Å². The van der Waals surface area contributed by atoms with E-state index in [9.17, 15) is 9.90 Å². The van der Waals surface area contributed by atoms with Crippen molar-refractivity contribution in [3.05, 3.63) is 35.9 Å². The van der Waals surface area contributed by atoms with Gasteiger partial charge in [0.15, 0.2) is 6.29 Å². The number of fused-ring (bicyclic) bond motifs is 1. The maximum absolute atomic E-state index is 12.3. The van der Waals surface area contributed by atoms with Crippen LogP contribution in [0.25, 0.3) is 0 Å². The lowest BCUT2D eigenvalue weighted by Gasteiger charge is -2.25. The van der Waals surface area contributed by atoms with E-state index in [1.165, 1.54) is 0 Å². The summed E-state index contributed by atoms with van der Waals surface area (Å²) in [4.78, 5) is 12.3. The Labute approximate surface area is 147 Å². The van der Waals surface area contributed by atoms with Gasteiger partial charge in [-0.1, -0.05) is 30.3 Å². The lowest BCUT2D eigenvalue weighted by molar-refractivity contribution is -0.0907. The molecule has 2 aliphatic rings. The van der Waals surface area contributed by atoms with Crippen LogP contribution in [0, 0.1) is 5.92 Å². The molecule has 7 heteroatoms. The molecule has 1 aromatic rings. The highest BCUT2D eigenvalue weighted by Gasteiger charge is 2.44. The van der Waals surface area contributed by atoms with Crippen LogP contribution in [0.2, 0.25) is 0 Å². The third-order valence-corrected chi connectivity index (χ3v) is 4.72. The summed E-state index contributed by atoms with van der Waals surface area (Å²) in [6.07, 6.45) is -0.454. The van der Waals surface area contributed by atoms with Crippen LogP contribution >= 0.6 is 0 Å². The first-order valence-corrected chi connectivity index (χ1v) is 8.74. The lowest BCUT2D eigenvalue weighted by Crippen LogP contribution is -2.49. The van der Waals surface area contributed by atoms with E-state index in [4.69, 9.17) is 14.2 Å². The lowest BCUT2D eigenvalue weighted by atomic mass is 10.0. The second-order valence-corrected chi connectivity index (χ2v) is 6.53. The smallest absolute Gasteiger partial charge is 0.407 e. The van der Waals surface area contributed by atoms with Crippen LogP contribution in [0.5, 0.6) is 0 Å². The first-order chi connectivity index (χ1) is 12.2. The van der Waals surface area contributed by atoms with Crippen molar-refractivity contribution in [1.82, 2.24) is 10.6 Å². The average Bonchev–Trinajstić information content (AvgIpc) is 3.21. The monoisotopic (exact) mass is 350 g/mol. The van der Waals surface area contributed by atoms with Crippen LogP contribution in [0.1, 0.15) is 12.0 Å². The van der Waals surface area contributed by atoms with E-state index in [0.29, 0.717) is 26.2 Å². The van der Waals surface area contributed by atoms with E-state index in [-0.39, 0.29) is 18.3 Å². The summed E-state index contributed by atoms with van der Waals surface area (Å²) in [5.41, 5.74) is 1.04. The second-order valence-electron chi connectivity index (χ2n) is 6.53. The number of hydrogen-bond acceptors (Lipinski definition) is 6. The van der Waals surface area contributed by atoms with Crippen LogP contribution in [-0.2, 0) is 20.6 Å². The fourth-order valence-electron chi connectivity index (χ4n) is 3.37. The summed E-state index contributed by atoms with van der Waals surface area (Å²) < 4.78 is 16.5. The highest BCUT2D eigenvalue weighted by Crippen LogP contribution is 2.32. The van der Waals surface area contributed by atoms with Gasteiger partial charge < -0.3 is 30.0 Å². The molecule has 138 valence electrons. The van der Waals surface area contributed by atoms with E-state index in [1.807, 2.05) is 30.3 Å². The molecule has 0 radical (unpaired) electrons. The largest absolute Gasteiger partial charge is 0.443 e. The number of aliphatic hydroxyl groups excluding tert-OH is 1. The minimum atomic E-state index is -0.722. The Morgan fingerprint density at radius 2 is 2.16 bits per heavy atom. The van der Waals surface area contributed by atoms with Crippen LogP contribution in [-0.4, -0.2) is 62.5 Å². The number of carbonyl (C=O) groups is 1. The van der Waals surface area contributed by atoms with E-state index in [1.54, 1.807) is 7.05 Å². The van der Waals surface area contributed by atoms with Crippen LogP contribution in [0.4, 0.5) is 4.79 Å². The summed E-state index contributed by atoms with van der Waals surface area (Å²) in [7, 11) is 1.76. The molecule has 0 saturated carbocycles. The first kappa shape index (κ1) is 18.1. The van der Waals surface area contributed by atoms with E-state index in [2.05, 4.69) is 10.6 Å². The Bertz CT molecular complexity index is 556. The van der Waals surface area contributed by atoms with Crippen molar-refractivity contribution in [2.75, 3.05) is 26.8 Å². The molecule has 0 aromatic heterocycles. The van der Waals surface area contributed by atoms with Crippen molar-refractivity contribution >= 4 is 6.09 Å². The van der Waals surface area contributed by atoms with Crippen molar-refractivity contribution in [2.45, 2.75) is 37.4 Å². The highest BCUT2D eigenvalue weighted by molar-refractivity contribution is 5.68. The summed E-state index contributed by atoms with van der Waals surface area (Å²) >= 11 is 0. The Hall–Kier alpha value is -1.67. The van der Waals surface area contributed by atoms with Gasteiger partial charge >= 0.3 is 6.09 Å². The van der Waals surface area contributed by atoms with Crippen molar-refractivity contribution in [2.24, 2.45) is 5.92 Å². The molecule has 3 rings (SSSR count). The topological polar surface area (TPSA) is 89.1 Å². The molecule has 5 unspecified atom stereocenters. The molecule has 0 bridgehead atoms. The number of likely N-dealkylation sites (N-methyl/N-ethyl adjacent to an activating group) is 1. The molecule has 1 aromatic carbocycles. The molecule has 25 heavy (non-hydrogen) atoms. The normalized spacial score (nSPS) is 27.5. The quantitative estimate of drug-likeness (QED) is 0.670. The summed E-state index contributed by atoms with van der Waals surface area (Å²) in [5, 5.41) is 16.1. The molecule has 7 nitrogen and oxygen atoms in total. The van der Waals surface area contributed by atoms with Gasteiger partial charge in [0, 0.05) is 6.54 Å². The van der Waals surface area contributed by atoms with E-state index >= 15 is 0 Å². The molecule has 5 atom stereocenters. The fraction of sp³-hybridized carbons (Fsp3) is 0.611. The zero-order chi connectivity index (χ0) is 17.6. The molecular formula is C18H26N2O5. The van der Waals surface area contributed by atoms with Crippen LogP contribution < -0.4 is 10.6 Å². The number of amides is 1. The van der Waals surface area contributed by atoms with E-state index in [0.717, 1.165) is 12.0 Å². The average molecular weight is 350 g/mol. The van der Waals surface area contributed by atoms with Crippen molar-refractivity contribution in [3.8, 4) is 0 Å². The van der Waals surface area contributed by atoms with Gasteiger partial charge in [0.05, 0.1) is 31.3 Å². The molecule has 0 aliphatic carbocycles. The number of carbonyl (C=O) groups excluding carboxylic acids is 1. The molecule has 1 amide bonds. The second kappa shape index (κ2) is 8.62. The molecule has 0 spiro atoms. The maximum Gasteiger partial charge on any atom is 0.407 e. The molecule has 2 heterocycles. The van der Waals surface area contributed by atoms with Crippen LogP contribution in [0.3, 0.4) is 0 Å². The number of aliphatic hydroxyl groups is 1. The van der Waals surface area contributed by atoms with Crippen molar-refractivity contribution in [3.63, 3.8) is 0 Å². The summed E-state index contributed by atoms with van der Waals surface area (Å²) in [6, 6.07) is 9.30. The standard InChI is InChI=1S/C18H26N2O5/c1-19-10-15(21)14(9-12-5-3-2-4-6-12)20-18(22)25-16-11-24-17-13(16)7-8-23-17/h2-6,13-17,19,21H,7-11H2,1H3,(H,20,22). The SMILES string of the molecule is CNCC(O)C(Cc1ccccc1)NC(=O)OC1COC2OCCC12. The molecular weight excluding hydrogens is 324 g/mol. The number of hydrogen-bond donors (Lipinski definition) is 3. The number of nitrogens with one attached hydrogen (secondary N) is 2. The number of ether oxygens (including phenoxy) is 3. The minimum Gasteiger partial charge on any atom is -0.443 e. The van der Waals surface area contributed by atoms with Gasteiger partial charge in [0.1, 0.15) is 6.10 Å². The predicted octanol–water partition coefficient (Wildman–Crippen LogP) is 0.666. The maximum atomic E-state index is 12.3. The third kappa shape index (κ3) is 4.70. The van der Waals surface area contributed by atoms with Crippen molar-refractivity contribution < 1.29 is 24.1 Å². The van der Waals surface area contributed by atoms with Crippen LogP contribution in [0.15, 0.2) is 30.3 Å². The number of rotatable bonds is 7. The Morgan fingerprint density at radius 3 is 2.92 bits per heavy atom. The number of alkyl carbamates (subject to hydrolysis) is 1. The van der Waals surface area contributed by atoms with Gasteiger partial charge in [0.25, 0.3) is 0 Å². The predicted molar refractivity (Wildman–Crippen MR) is 91.1 cm³/mol. The summed E-state index contributed by atoms with van der Waals surface area (Å²) in [5.74, 6) is 0.0977. The third-order valence-electron chi connectivity index (χ3n) is 4.72. The Morgan fingerprint density at radius 1 is 1.36 bits per heavy atom. The molecule has 2 aliphatic heterocycles. The van der Waals surface area contributed by atoms with Crippen molar-refractivity contribution in [1.29, 1.82) is 0 Å². The number of benzene rings is 1. The zero-order valence-electron chi connectivity index (χ0n) is 14.4. The molecule has 2 saturated heterocycles. The van der Waals surface area contributed by atoms with Gasteiger partial charge in [-0.3, -0.25) is 0 Å². The van der Waals surface area contributed by atoms with Gasteiger partial charge in [-0.2, -0.15) is 0 Å². The molecule has 3 N–H and O–H groups in total. The first-order valence-electron chi connectivity index (χ1n) is 8.74. The summed E-state index contributed by atoms with van der Waals surface area (Å²) in [6.45, 7) is 1.36. The minimum absolute atomic E-state index is 0.0977. The molecule has 2 fully saturated rings.